The summed E-state index contributed by atoms with van der Waals surface area (Å²) in [5.74, 6) is -0.275. The first-order valence-electron chi connectivity index (χ1n) is 6.48. The number of halogens is 2. The average Bonchev–Trinajstić information content (AvgIpc) is 2.47. The van der Waals surface area contributed by atoms with Crippen LogP contribution in [-0.2, 0) is 22.6 Å². The molecule has 0 aliphatic rings. The number of carbonyl (C=O) groups is 1. The first-order valence-corrected chi connectivity index (χ1v) is 7.24. The Hall–Kier alpha value is -1.71. The van der Waals surface area contributed by atoms with Gasteiger partial charge in [0, 0.05) is 27.7 Å². The van der Waals surface area contributed by atoms with Gasteiger partial charge in [0.2, 0.25) is 0 Å². The van der Waals surface area contributed by atoms with Crippen LogP contribution in [0.3, 0.4) is 0 Å². The molecule has 2 aromatic carbocycles. The highest BCUT2D eigenvalue weighted by Gasteiger charge is 2.07. The van der Waals surface area contributed by atoms with Gasteiger partial charge in [0.15, 0.2) is 0 Å². The lowest BCUT2D eigenvalue weighted by molar-refractivity contribution is -0.144. The minimum Gasteiger partial charge on any atom is -0.461 e. The second-order valence-corrected chi connectivity index (χ2v) is 5.48. The second-order valence-electron chi connectivity index (χ2n) is 4.64. The van der Waals surface area contributed by atoms with Crippen molar-refractivity contribution >= 4 is 34.9 Å². The third-order valence-corrected chi connectivity index (χ3v) is 3.60. The molecule has 2 aromatic rings. The van der Waals surface area contributed by atoms with Crippen molar-refractivity contribution in [1.82, 2.24) is 0 Å². The lowest BCUT2D eigenvalue weighted by Crippen LogP contribution is -2.06. The van der Waals surface area contributed by atoms with Crippen molar-refractivity contribution in [2.24, 2.45) is 0 Å². The van der Waals surface area contributed by atoms with E-state index < -0.39 is 0 Å². The number of aryl methyl sites for hydroxylation is 1. The minimum atomic E-state index is -0.275. The number of benzene rings is 2. The maximum Gasteiger partial charge on any atom is 0.306 e. The fraction of sp³-hybridized carbons (Fsp3) is 0.188. The molecule has 21 heavy (non-hydrogen) atoms. The molecule has 0 bridgehead atoms. The molecule has 110 valence electrons. The van der Waals surface area contributed by atoms with E-state index in [1.807, 2.05) is 24.3 Å². The van der Waals surface area contributed by atoms with E-state index in [0.717, 1.165) is 5.56 Å². The highest BCUT2D eigenvalue weighted by Crippen LogP contribution is 2.21. The number of rotatable bonds is 5. The Bertz CT molecular complexity index is 627. The van der Waals surface area contributed by atoms with Gasteiger partial charge in [-0.2, -0.15) is 0 Å². The van der Waals surface area contributed by atoms with Crippen molar-refractivity contribution in [1.29, 1.82) is 0 Å². The van der Waals surface area contributed by atoms with Crippen LogP contribution in [0.25, 0.3) is 0 Å². The smallest absolute Gasteiger partial charge is 0.306 e. The molecule has 0 saturated heterocycles. The summed E-state index contributed by atoms with van der Waals surface area (Å²) in [6.07, 6.45) is 0.921. The van der Waals surface area contributed by atoms with Crippen molar-refractivity contribution in [3.63, 3.8) is 0 Å². The predicted molar refractivity (Wildman–Crippen MR) is 85.4 cm³/mol. The zero-order valence-corrected chi connectivity index (χ0v) is 12.8. The van der Waals surface area contributed by atoms with Crippen LogP contribution in [0, 0.1) is 0 Å². The maximum atomic E-state index is 11.7. The van der Waals surface area contributed by atoms with Gasteiger partial charge in [-0.15, -0.1) is 0 Å². The lowest BCUT2D eigenvalue weighted by atomic mass is 10.1. The van der Waals surface area contributed by atoms with Crippen LogP contribution < -0.4 is 5.73 Å². The van der Waals surface area contributed by atoms with Crippen LogP contribution >= 0.6 is 23.2 Å². The summed E-state index contributed by atoms with van der Waals surface area (Å²) in [6.45, 7) is 0.125. The van der Waals surface area contributed by atoms with E-state index in [4.69, 9.17) is 33.7 Å². The normalized spacial score (nSPS) is 10.4. The molecular weight excluding hydrogens is 309 g/mol. The second kappa shape index (κ2) is 7.34. The zero-order valence-electron chi connectivity index (χ0n) is 11.3. The van der Waals surface area contributed by atoms with Crippen LogP contribution in [0.2, 0.25) is 10.0 Å². The van der Waals surface area contributed by atoms with E-state index in [1.165, 1.54) is 0 Å². The van der Waals surface area contributed by atoms with Gasteiger partial charge >= 0.3 is 5.97 Å². The summed E-state index contributed by atoms with van der Waals surface area (Å²) >= 11 is 11.9. The summed E-state index contributed by atoms with van der Waals surface area (Å²) < 4.78 is 5.20. The van der Waals surface area contributed by atoms with E-state index in [2.05, 4.69) is 0 Å². The van der Waals surface area contributed by atoms with Gasteiger partial charge in [-0.1, -0.05) is 35.3 Å². The van der Waals surface area contributed by atoms with Gasteiger partial charge in [-0.3, -0.25) is 4.79 Å². The monoisotopic (exact) mass is 323 g/mol. The largest absolute Gasteiger partial charge is 0.461 e. The van der Waals surface area contributed by atoms with Gasteiger partial charge in [0.1, 0.15) is 6.61 Å². The summed E-state index contributed by atoms with van der Waals surface area (Å²) in [5, 5.41) is 1.10. The summed E-state index contributed by atoms with van der Waals surface area (Å²) in [6, 6.07) is 12.5. The van der Waals surface area contributed by atoms with E-state index in [0.29, 0.717) is 34.1 Å². The minimum absolute atomic E-state index is 0.125. The Morgan fingerprint density at radius 1 is 1.10 bits per heavy atom. The molecule has 0 unspecified atom stereocenters. The van der Waals surface area contributed by atoms with Crippen LogP contribution in [0.15, 0.2) is 42.5 Å². The van der Waals surface area contributed by atoms with Gasteiger partial charge < -0.3 is 10.5 Å². The van der Waals surface area contributed by atoms with Crippen molar-refractivity contribution in [3.05, 3.63) is 63.6 Å². The maximum absolute atomic E-state index is 11.7. The number of nitrogen functional groups attached to an aromatic ring is 1. The molecule has 5 heteroatoms. The summed E-state index contributed by atoms with van der Waals surface area (Å²) in [4.78, 5) is 11.7. The number of anilines is 1. The molecule has 0 saturated carbocycles. The van der Waals surface area contributed by atoms with Crippen molar-refractivity contribution in [2.75, 3.05) is 5.73 Å². The van der Waals surface area contributed by atoms with Gasteiger partial charge in [-0.05, 0) is 42.3 Å². The number of hydrogen-bond donors (Lipinski definition) is 1. The standard InChI is InChI=1S/C16H15Cl2NO2/c17-13-4-7-15(18)12(9-13)10-21-16(20)8-3-11-1-5-14(19)6-2-11/h1-2,4-7,9H,3,8,10,19H2. The Labute approximate surface area is 133 Å². The third-order valence-electron chi connectivity index (χ3n) is 2.99. The van der Waals surface area contributed by atoms with E-state index in [-0.39, 0.29) is 12.6 Å². The molecular formula is C16H15Cl2NO2. The summed E-state index contributed by atoms with van der Waals surface area (Å²) in [7, 11) is 0. The molecule has 0 aliphatic carbocycles. The van der Waals surface area contributed by atoms with Gasteiger partial charge in [0.25, 0.3) is 0 Å². The van der Waals surface area contributed by atoms with Crippen LogP contribution in [0.5, 0.6) is 0 Å². The number of ether oxygens (including phenoxy) is 1. The van der Waals surface area contributed by atoms with Crippen LogP contribution in [0.1, 0.15) is 17.5 Å². The SMILES string of the molecule is Nc1ccc(CCC(=O)OCc2cc(Cl)ccc2Cl)cc1. The molecule has 0 aromatic heterocycles. The predicted octanol–water partition coefficient (Wildman–Crippen LogP) is 4.25. The molecule has 0 amide bonds. The van der Waals surface area contributed by atoms with Gasteiger partial charge in [0.05, 0.1) is 0 Å². The number of esters is 1. The third kappa shape index (κ3) is 4.96. The Morgan fingerprint density at radius 3 is 2.52 bits per heavy atom. The molecule has 0 atom stereocenters. The van der Waals surface area contributed by atoms with Crippen LogP contribution in [-0.4, -0.2) is 5.97 Å². The van der Waals surface area contributed by atoms with Crippen LogP contribution in [0.4, 0.5) is 5.69 Å². The van der Waals surface area contributed by atoms with Crippen molar-refractivity contribution in [2.45, 2.75) is 19.4 Å². The van der Waals surface area contributed by atoms with Crippen molar-refractivity contribution in [3.8, 4) is 0 Å². The van der Waals surface area contributed by atoms with E-state index in [1.54, 1.807) is 18.2 Å². The molecule has 0 aliphatic heterocycles. The lowest BCUT2D eigenvalue weighted by Gasteiger charge is -2.07. The van der Waals surface area contributed by atoms with Crippen molar-refractivity contribution < 1.29 is 9.53 Å². The highest BCUT2D eigenvalue weighted by atomic mass is 35.5. The molecule has 0 heterocycles. The number of carbonyl (C=O) groups excluding carboxylic acids is 1. The summed E-state index contributed by atoms with van der Waals surface area (Å²) in [5.41, 5.74) is 8.05. The fourth-order valence-electron chi connectivity index (χ4n) is 1.82. The Morgan fingerprint density at radius 2 is 1.81 bits per heavy atom. The number of hydrogen-bond acceptors (Lipinski definition) is 3. The molecule has 2 N–H and O–H groups in total. The first kappa shape index (κ1) is 15.7. The molecule has 0 fully saturated rings. The quantitative estimate of drug-likeness (QED) is 0.661. The molecule has 2 rings (SSSR count). The molecule has 3 nitrogen and oxygen atoms in total. The topological polar surface area (TPSA) is 52.3 Å². The van der Waals surface area contributed by atoms with Gasteiger partial charge in [-0.25, -0.2) is 0 Å². The Balaban J connectivity index is 1.82. The zero-order chi connectivity index (χ0) is 15.2. The first-order chi connectivity index (χ1) is 10.0. The molecule has 0 radical (unpaired) electrons. The Kier molecular flexibility index (Phi) is 5.48. The highest BCUT2D eigenvalue weighted by molar-refractivity contribution is 6.33. The van der Waals surface area contributed by atoms with E-state index in [9.17, 15) is 4.79 Å². The molecule has 0 spiro atoms. The number of nitrogens with two attached hydrogens (primary N) is 1. The average molecular weight is 324 g/mol. The fourth-order valence-corrected chi connectivity index (χ4v) is 2.18. The van der Waals surface area contributed by atoms with E-state index >= 15 is 0 Å².